The van der Waals surface area contributed by atoms with E-state index in [4.69, 9.17) is 9.47 Å². The number of aliphatic hydroxyl groups is 5. The maximum atomic E-state index is 13.0. The molecule has 1 aliphatic rings. The van der Waals surface area contributed by atoms with Crippen LogP contribution >= 0.6 is 0 Å². The topological polar surface area (TPSA) is 149 Å². The van der Waals surface area contributed by atoms with Gasteiger partial charge >= 0.3 is 0 Å². The lowest BCUT2D eigenvalue weighted by Gasteiger charge is -2.40. The molecule has 0 saturated carbocycles. The molecule has 0 spiro atoms. The van der Waals surface area contributed by atoms with E-state index in [1.165, 1.54) is 199 Å². The third-order valence-corrected chi connectivity index (χ3v) is 13.6. The molecule has 0 aromatic carbocycles. The molecule has 1 rings (SSSR count). The first-order valence-corrected chi connectivity index (χ1v) is 28.9. The highest BCUT2D eigenvalue weighted by atomic mass is 16.7. The second-order valence-electron chi connectivity index (χ2n) is 20.1. The third-order valence-electron chi connectivity index (χ3n) is 13.6. The summed E-state index contributed by atoms with van der Waals surface area (Å²) in [5, 5.41) is 54.5. The zero-order valence-electron chi connectivity index (χ0n) is 44.1. The van der Waals surface area contributed by atoms with Gasteiger partial charge in [-0.2, -0.15) is 0 Å². The van der Waals surface area contributed by atoms with Gasteiger partial charge in [0.1, 0.15) is 24.4 Å². The highest BCUT2D eigenvalue weighted by Gasteiger charge is 2.44. The molecule has 9 heteroatoms. The Morgan fingerprint density at radius 1 is 0.500 bits per heavy atom. The molecule has 0 aliphatic carbocycles. The largest absolute Gasteiger partial charge is 0.394 e. The lowest BCUT2D eigenvalue weighted by atomic mass is 9.99. The Balaban J connectivity index is 2.26. The summed E-state index contributed by atoms with van der Waals surface area (Å²) in [6.45, 7) is 3.78. The van der Waals surface area contributed by atoms with Crippen molar-refractivity contribution >= 4 is 5.91 Å². The number of nitrogens with one attached hydrogen (secondary N) is 1. The normalized spacial score (nSPS) is 19.9. The van der Waals surface area contributed by atoms with E-state index in [9.17, 15) is 30.3 Å². The summed E-state index contributed by atoms with van der Waals surface area (Å²) in [6.07, 6.45) is 57.5. The third kappa shape index (κ3) is 37.9. The number of amides is 1. The summed E-state index contributed by atoms with van der Waals surface area (Å²) in [5.41, 5.74) is 0. The first-order valence-electron chi connectivity index (χ1n) is 28.9. The Bertz CT molecular complexity index is 1210. The van der Waals surface area contributed by atoms with Crippen LogP contribution in [0.4, 0.5) is 0 Å². The molecule has 1 saturated heterocycles. The van der Waals surface area contributed by atoms with Crippen molar-refractivity contribution in [1.29, 1.82) is 0 Å². The van der Waals surface area contributed by atoms with Gasteiger partial charge in [-0.05, 0) is 64.2 Å². The fourth-order valence-corrected chi connectivity index (χ4v) is 9.03. The van der Waals surface area contributed by atoms with Crippen LogP contribution in [0.25, 0.3) is 0 Å². The lowest BCUT2D eigenvalue weighted by Crippen LogP contribution is -2.60. The summed E-state index contributed by atoms with van der Waals surface area (Å²) in [6, 6.07) is -0.825. The van der Waals surface area contributed by atoms with Crippen molar-refractivity contribution in [2.75, 3.05) is 13.2 Å². The van der Waals surface area contributed by atoms with E-state index < -0.39 is 49.5 Å². The summed E-state index contributed by atoms with van der Waals surface area (Å²) in [5.74, 6) is -0.189. The molecule has 7 unspecified atom stereocenters. The smallest absolute Gasteiger partial charge is 0.220 e. The van der Waals surface area contributed by atoms with Crippen molar-refractivity contribution < 1.29 is 39.8 Å². The van der Waals surface area contributed by atoms with Crippen molar-refractivity contribution in [1.82, 2.24) is 5.32 Å². The predicted octanol–water partition coefficient (Wildman–Crippen LogP) is 14.1. The van der Waals surface area contributed by atoms with Crippen LogP contribution in [-0.2, 0) is 14.3 Å². The monoisotopic (exact) mass is 960 g/mol. The summed E-state index contributed by atoms with van der Waals surface area (Å²) in [4.78, 5) is 13.0. The standard InChI is InChI=1S/C59H109NO8/c1-3-5-7-9-11-13-15-17-19-21-23-25-26-27-28-29-31-33-35-37-39-41-43-45-47-49-55(63)60-52(51-67-59-58(66)57(65)56(64)54(50-61)68-59)53(62)48-46-44-42-40-38-36-34-32-30-24-22-20-18-16-14-12-10-8-6-4-2/h23,25,27-28,38,40,46,48,52-54,56-59,61-62,64-66H,3-22,24,26,29-37,39,41-45,47,49-51H2,1-2H3,(H,60,63)/b25-23-,28-27-,40-38+,48-46+. The van der Waals surface area contributed by atoms with Crippen LogP contribution in [0.2, 0.25) is 0 Å². The Labute approximate surface area is 418 Å². The van der Waals surface area contributed by atoms with Crippen LogP contribution in [0.15, 0.2) is 48.6 Å². The fourth-order valence-electron chi connectivity index (χ4n) is 9.03. The maximum absolute atomic E-state index is 13.0. The Morgan fingerprint density at radius 2 is 0.882 bits per heavy atom. The minimum absolute atomic E-state index is 0.189. The Kier molecular flexibility index (Phi) is 46.0. The number of hydrogen-bond acceptors (Lipinski definition) is 8. The first-order chi connectivity index (χ1) is 33.3. The number of rotatable bonds is 49. The van der Waals surface area contributed by atoms with E-state index in [0.717, 1.165) is 44.9 Å². The van der Waals surface area contributed by atoms with E-state index in [1.54, 1.807) is 6.08 Å². The van der Waals surface area contributed by atoms with E-state index in [0.29, 0.717) is 6.42 Å². The van der Waals surface area contributed by atoms with Gasteiger partial charge in [-0.25, -0.2) is 0 Å². The molecule has 1 aliphatic heterocycles. The molecule has 0 aromatic heterocycles. The van der Waals surface area contributed by atoms with E-state index in [-0.39, 0.29) is 12.5 Å². The average molecular weight is 961 g/mol. The summed E-state index contributed by atoms with van der Waals surface area (Å²) >= 11 is 0. The van der Waals surface area contributed by atoms with Gasteiger partial charge in [-0.1, -0.05) is 242 Å². The molecule has 1 amide bonds. The molecular weight excluding hydrogens is 851 g/mol. The van der Waals surface area contributed by atoms with Gasteiger partial charge in [0.2, 0.25) is 5.91 Å². The molecule has 0 radical (unpaired) electrons. The van der Waals surface area contributed by atoms with E-state index in [2.05, 4.69) is 55.6 Å². The molecule has 6 N–H and O–H groups in total. The van der Waals surface area contributed by atoms with Crippen LogP contribution in [0.1, 0.15) is 264 Å². The number of carbonyl (C=O) groups excluding carboxylic acids is 1. The molecule has 9 nitrogen and oxygen atoms in total. The van der Waals surface area contributed by atoms with Gasteiger partial charge in [0.25, 0.3) is 0 Å². The number of ether oxygens (including phenoxy) is 2. The number of unbranched alkanes of at least 4 members (excludes halogenated alkanes) is 33. The van der Waals surface area contributed by atoms with Gasteiger partial charge in [0.15, 0.2) is 6.29 Å². The van der Waals surface area contributed by atoms with Crippen molar-refractivity contribution in [2.24, 2.45) is 0 Å². The quantitative estimate of drug-likeness (QED) is 0.0261. The number of allylic oxidation sites excluding steroid dienone is 7. The van der Waals surface area contributed by atoms with Gasteiger partial charge < -0.3 is 40.3 Å². The van der Waals surface area contributed by atoms with Gasteiger partial charge in [0.05, 0.1) is 25.4 Å². The van der Waals surface area contributed by atoms with Gasteiger partial charge in [0, 0.05) is 6.42 Å². The SMILES string of the molecule is CCCCCCCCCCC/C=C\C/C=C\CCCCCCCCCCCC(=O)NC(COC1OC(CO)C(O)C(O)C1O)C(O)/C=C/CC/C=C/CCCCCCCCCCCCCCCC. The fraction of sp³-hybridized carbons (Fsp3) is 0.847. The molecule has 1 fully saturated rings. The molecule has 1 heterocycles. The van der Waals surface area contributed by atoms with Crippen molar-refractivity contribution in [2.45, 2.75) is 307 Å². The number of hydrogen-bond donors (Lipinski definition) is 6. The molecule has 68 heavy (non-hydrogen) atoms. The zero-order chi connectivity index (χ0) is 49.4. The highest BCUT2D eigenvalue weighted by molar-refractivity contribution is 5.76. The average Bonchev–Trinajstić information content (AvgIpc) is 3.34. The first kappa shape index (κ1) is 64.2. The molecular formula is C59H109NO8. The van der Waals surface area contributed by atoms with Crippen molar-refractivity contribution in [3.05, 3.63) is 48.6 Å². The number of aliphatic hydroxyl groups excluding tert-OH is 5. The van der Waals surface area contributed by atoms with Crippen LogP contribution in [0.3, 0.4) is 0 Å². The van der Waals surface area contributed by atoms with Crippen LogP contribution in [0, 0.1) is 0 Å². The van der Waals surface area contributed by atoms with Crippen molar-refractivity contribution in [3.8, 4) is 0 Å². The van der Waals surface area contributed by atoms with Crippen molar-refractivity contribution in [3.63, 3.8) is 0 Å². The Hall–Kier alpha value is -1.85. The molecule has 7 atom stereocenters. The van der Waals surface area contributed by atoms with Crippen LogP contribution < -0.4 is 5.32 Å². The number of carbonyl (C=O) groups is 1. The molecule has 0 aromatic rings. The van der Waals surface area contributed by atoms with Gasteiger partial charge in [-0.15, -0.1) is 0 Å². The van der Waals surface area contributed by atoms with Crippen LogP contribution in [-0.4, -0.2) is 87.5 Å². The Morgan fingerprint density at radius 3 is 1.32 bits per heavy atom. The van der Waals surface area contributed by atoms with E-state index in [1.807, 2.05) is 6.08 Å². The second kappa shape index (κ2) is 48.8. The van der Waals surface area contributed by atoms with Crippen LogP contribution in [0.5, 0.6) is 0 Å². The lowest BCUT2D eigenvalue weighted by molar-refractivity contribution is -0.302. The predicted molar refractivity (Wildman–Crippen MR) is 286 cm³/mol. The van der Waals surface area contributed by atoms with E-state index >= 15 is 0 Å². The summed E-state index contributed by atoms with van der Waals surface area (Å²) < 4.78 is 11.3. The second-order valence-corrected chi connectivity index (χ2v) is 20.1. The molecule has 0 bridgehead atoms. The minimum atomic E-state index is -1.57. The highest BCUT2D eigenvalue weighted by Crippen LogP contribution is 2.23. The summed E-state index contributed by atoms with van der Waals surface area (Å²) in [7, 11) is 0. The zero-order valence-corrected chi connectivity index (χ0v) is 44.1. The molecule has 398 valence electrons. The minimum Gasteiger partial charge on any atom is -0.394 e. The maximum Gasteiger partial charge on any atom is 0.220 e. The van der Waals surface area contributed by atoms with Gasteiger partial charge in [-0.3, -0.25) is 4.79 Å².